The lowest BCUT2D eigenvalue weighted by Crippen LogP contribution is -2.18. The summed E-state index contributed by atoms with van der Waals surface area (Å²) in [4.78, 5) is 19.9. The SMILES string of the molecule is COc1ccccc1-c1nc(C2CCCC2)c(I)c(=O)[nH]1. The van der Waals surface area contributed by atoms with Gasteiger partial charge < -0.3 is 9.72 Å². The molecule has 5 heteroatoms. The first-order chi connectivity index (χ1) is 10.2. The highest BCUT2D eigenvalue weighted by atomic mass is 127. The van der Waals surface area contributed by atoms with Crippen molar-refractivity contribution in [2.24, 2.45) is 0 Å². The van der Waals surface area contributed by atoms with Gasteiger partial charge in [0.2, 0.25) is 0 Å². The molecule has 21 heavy (non-hydrogen) atoms. The Morgan fingerprint density at radius 3 is 2.71 bits per heavy atom. The Hall–Kier alpha value is -1.37. The molecule has 0 bridgehead atoms. The highest BCUT2D eigenvalue weighted by molar-refractivity contribution is 14.1. The number of hydrogen-bond donors (Lipinski definition) is 1. The molecule has 3 rings (SSSR count). The predicted molar refractivity (Wildman–Crippen MR) is 90.8 cm³/mol. The van der Waals surface area contributed by atoms with E-state index in [0.717, 1.165) is 33.4 Å². The van der Waals surface area contributed by atoms with Gasteiger partial charge in [0.05, 0.1) is 21.9 Å². The number of nitrogens with zero attached hydrogens (tertiary/aromatic N) is 1. The summed E-state index contributed by atoms with van der Waals surface area (Å²) in [7, 11) is 1.63. The number of rotatable bonds is 3. The van der Waals surface area contributed by atoms with Crippen LogP contribution in [0, 0.1) is 3.57 Å². The number of ether oxygens (including phenoxy) is 1. The summed E-state index contributed by atoms with van der Waals surface area (Å²) in [6.07, 6.45) is 4.69. The number of H-pyrrole nitrogens is 1. The lowest BCUT2D eigenvalue weighted by Gasteiger charge is -2.13. The van der Waals surface area contributed by atoms with Gasteiger partial charge in [0.1, 0.15) is 11.6 Å². The Morgan fingerprint density at radius 2 is 2.00 bits per heavy atom. The average Bonchev–Trinajstić information content (AvgIpc) is 3.04. The molecule has 1 fully saturated rings. The molecule has 0 atom stereocenters. The number of nitrogens with one attached hydrogen (secondary N) is 1. The van der Waals surface area contributed by atoms with Gasteiger partial charge in [-0.15, -0.1) is 0 Å². The number of halogens is 1. The van der Waals surface area contributed by atoms with Gasteiger partial charge >= 0.3 is 0 Å². The Morgan fingerprint density at radius 1 is 1.29 bits per heavy atom. The topological polar surface area (TPSA) is 55.0 Å². The molecule has 0 saturated heterocycles. The van der Waals surface area contributed by atoms with Crippen LogP contribution in [-0.4, -0.2) is 17.1 Å². The number of hydrogen-bond acceptors (Lipinski definition) is 3. The Kier molecular flexibility index (Phi) is 4.28. The van der Waals surface area contributed by atoms with Crippen LogP contribution in [0.1, 0.15) is 37.3 Å². The molecule has 1 aliphatic carbocycles. The van der Waals surface area contributed by atoms with Gasteiger partial charge in [-0.05, 0) is 47.6 Å². The molecule has 0 amide bonds. The lowest BCUT2D eigenvalue weighted by molar-refractivity contribution is 0.416. The molecule has 0 spiro atoms. The second kappa shape index (κ2) is 6.17. The maximum absolute atomic E-state index is 12.2. The van der Waals surface area contributed by atoms with Crippen LogP contribution in [0.3, 0.4) is 0 Å². The molecule has 4 nitrogen and oxygen atoms in total. The smallest absolute Gasteiger partial charge is 0.264 e. The second-order valence-corrected chi connectivity index (χ2v) is 6.37. The van der Waals surface area contributed by atoms with E-state index < -0.39 is 0 Å². The van der Waals surface area contributed by atoms with E-state index in [2.05, 4.69) is 27.6 Å². The van der Waals surface area contributed by atoms with Crippen LogP contribution >= 0.6 is 22.6 Å². The van der Waals surface area contributed by atoms with Crippen LogP contribution in [0.5, 0.6) is 5.75 Å². The quantitative estimate of drug-likeness (QED) is 0.805. The van der Waals surface area contributed by atoms with Crippen molar-refractivity contribution in [1.29, 1.82) is 0 Å². The third-order valence-electron chi connectivity index (χ3n) is 3.99. The molecule has 0 radical (unpaired) electrons. The van der Waals surface area contributed by atoms with Gasteiger partial charge in [-0.1, -0.05) is 25.0 Å². The highest BCUT2D eigenvalue weighted by Crippen LogP contribution is 2.35. The summed E-state index contributed by atoms with van der Waals surface area (Å²) >= 11 is 2.11. The van der Waals surface area contributed by atoms with E-state index in [9.17, 15) is 4.79 Å². The van der Waals surface area contributed by atoms with Crippen molar-refractivity contribution in [1.82, 2.24) is 9.97 Å². The molecule has 1 aliphatic rings. The van der Waals surface area contributed by atoms with Crippen LogP contribution < -0.4 is 10.3 Å². The van der Waals surface area contributed by atoms with Crippen LogP contribution in [0.15, 0.2) is 29.1 Å². The van der Waals surface area contributed by atoms with Crippen LogP contribution in [-0.2, 0) is 0 Å². The van der Waals surface area contributed by atoms with Crippen molar-refractivity contribution in [3.05, 3.63) is 43.9 Å². The summed E-state index contributed by atoms with van der Waals surface area (Å²) in [5.41, 5.74) is 1.71. The van der Waals surface area contributed by atoms with Crippen molar-refractivity contribution in [3.63, 3.8) is 0 Å². The van der Waals surface area contributed by atoms with Crippen LogP contribution in [0.25, 0.3) is 11.4 Å². The molecule has 110 valence electrons. The minimum Gasteiger partial charge on any atom is -0.496 e. The average molecular weight is 396 g/mol. The molecule has 0 unspecified atom stereocenters. The van der Waals surface area contributed by atoms with Crippen molar-refractivity contribution < 1.29 is 4.74 Å². The Labute approximate surface area is 137 Å². The maximum Gasteiger partial charge on any atom is 0.264 e. The zero-order valence-corrected chi connectivity index (χ0v) is 14.0. The number of para-hydroxylation sites is 1. The lowest BCUT2D eigenvalue weighted by atomic mass is 10.0. The van der Waals surface area contributed by atoms with E-state index in [-0.39, 0.29) is 5.56 Å². The van der Waals surface area contributed by atoms with Gasteiger partial charge in [0, 0.05) is 5.92 Å². The molecule has 1 aromatic carbocycles. The standard InChI is InChI=1S/C16H17IN2O2/c1-21-12-9-5-4-8-11(12)15-18-14(10-6-2-3-7-10)13(17)16(20)19-15/h4-5,8-10H,2-3,6-7H2,1H3,(H,18,19,20). The first-order valence-electron chi connectivity index (χ1n) is 7.14. The maximum atomic E-state index is 12.2. The summed E-state index contributed by atoms with van der Waals surface area (Å²) in [5.74, 6) is 1.73. The molecule has 0 aliphatic heterocycles. The fraction of sp³-hybridized carbons (Fsp3) is 0.375. The van der Waals surface area contributed by atoms with E-state index in [1.165, 1.54) is 12.8 Å². The molecule has 1 aromatic heterocycles. The molecule has 1 saturated carbocycles. The number of benzene rings is 1. The van der Waals surface area contributed by atoms with Gasteiger partial charge in [-0.2, -0.15) is 0 Å². The fourth-order valence-electron chi connectivity index (χ4n) is 2.91. The number of methoxy groups -OCH3 is 1. The van der Waals surface area contributed by atoms with E-state index in [0.29, 0.717) is 11.7 Å². The van der Waals surface area contributed by atoms with E-state index in [4.69, 9.17) is 9.72 Å². The van der Waals surface area contributed by atoms with Crippen molar-refractivity contribution in [2.75, 3.05) is 7.11 Å². The monoisotopic (exact) mass is 396 g/mol. The summed E-state index contributed by atoms with van der Waals surface area (Å²) in [6.45, 7) is 0. The van der Waals surface area contributed by atoms with Crippen LogP contribution in [0.2, 0.25) is 0 Å². The minimum absolute atomic E-state index is 0.0617. The van der Waals surface area contributed by atoms with E-state index >= 15 is 0 Å². The molecular formula is C16H17IN2O2. The van der Waals surface area contributed by atoms with Gasteiger partial charge in [-0.25, -0.2) is 4.98 Å². The van der Waals surface area contributed by atoms with E-state index in [1.807, 2.05) is 24.3 Å². The molecular weight excluding hydrogens is 379 g/mol. The van der Waals surface area contributed by atoms with Gasteiger partial charge in [-0.3, -0.25) is 4.79 Å². The third-order valence-corrected chi connectivity index (χ3v) is 5.03. The van der Waals surface area contributed by atoms with Gasteiger partial charge in [0.15, 0.2) is 0 Å². The second-order valence-electron chi connectivity index (χ2n) is 5.30. The molecule has 1 heterocycles. The molecule has 2 aromatic rings. The van der Waals surface area contributed by atoms with Crippen LogP contribution in [0.4, 0.5) is 0 Å². The molecule has 1 N–H and O–H groups in total. The van der Waals surface area contributed by atoms with Crippen molar-refractivity contribution in [3.8, 4) is 17.1 Å². The van der Waals surface area contributed by atoms with E-state index in [1.54, 1.807) is 7.11 Å². The highest BCUT2D eigenvalue weighted by Gasteiger charge is 2.23. The zero-order chi connectivity index (χ0) is 14.8. The van der Waals surface area contributed by atoms with Gasteiger partial charge in [0.25, 0.3) is 5.56 Å². The fourth-order valence-corrected chi connectivity index (χ4v) is 3.61. The first-order valence-corrected chi connectivity index (χ1v) is 8.21. The Balaban J connectivity index is 2.13. The largest absolute Gasteiger partial charge is 0.496 e. The zero-order valence-electron chi connectivity index (χ0n) is 11.9. The summed E-state index contributed by atoms with van der Waals surface area (Å²) in [6, 6.07) is 7.63. The Bertz CT molecular complexity index is 706. The predicted octanol–water partition coefficient (Wildman–Crippen LogP) is 3.71. The number of aromatic amines is 1. The number of aromatic nitrogens is 2. The minimum atomic E-state index is -0.0617. The van der Waals surface area contributed by atoms with Crippen molar-refractivity contribution >= 4 is 22.6 Å². The normalized spacial score (nSPS) is 15.3. The summed E-state index contributed by atoms with van der Waals surface area (Å²) < 4.78 is 6.09. The van der Waals surface area contributed by atoms with Crippen molar-refractivity contribution in [2.45, 2.75) is 31.6 Å². The first kappa shape index (κ1) is 14.6. The third kappa shape index (κ3) is 2.84. The summed E-state index contributed by atoms with van der Waals surface area (Å²) in [5, 5.41) is 0.